The van der Waals surface area contributed by atoms with Gasteiger partial charge in [-0.15, -0.1) is 11.6 Å². The van der Waals surface area contributed by atoms with Crippen molar-refractivity contribution in [3.63, 3.8) is 0 Å². The molecule has 0 atom stereocenters. The second kappa shape index (κ2) is 3.49. The van der Waals surface area contributed by atoms with Crippen LogP contribution in [0.25, 0.3) is 0 Å². The Morgan fingerprint density at radius 1 is 1.58 bits per heavy atom. The van der Waals surface area contributed by atoms with Crippen molar-refractivity contribution in [2.45, 2.75) is 5.88 Å². The highest BCUT2D eigenvalue weighted by Crippen LogP contribution is 2.20. The van der Waals surface area contributed by atoms with Crippen molar-refractivity contribution >= 4 is 17.3 Å². The van der Waals surface area contributed by atoms with Crippen molar-refractivity contribution in [1.82, 2.24) is 0 Å². The van der Waals surface area contributed by atoms with E-state index in [0.29, 0.717) is 0 Å². The first-order chi connectivity index (χ1) is 5.66. The van der Waals surface area contributed by atoms with Crippen LogP contribution in [0.2, 0.25) is 0 Å². The van der Waals surface area contributed by atoms with Crippen LogP contribution in [0.3, 0.4) is 0 Å². The molecule has 1 aromatic rings. The molecule has 0 aromatic heterocycles. The molecular formula is C7H5ClFNO2. The molecule has 1 rings (SSSR count). The molecule has 0 radical (unpaired) electrons. The third-order valence-electron chi connectivity index (χ3n) is 1.40. The van der Waals surface area contributed by atoms with Crippen LogP contribution < -0.4 is 0 Å². The Morgan fingerprint density at radius 3 is 2.75 bits per heavy atom. The number of nitrogens with zero attached hydrogens (tertiary/aromatic N) is 1. The summed E-state index contributed by atoms with van der Waals surface area (Å²) in [5.74, 6) is -0.912. The maximum Gasteiger partial charge on any atom is 0.305 e. The van der Waals surface area contributed by atoms with Gasteiger partial charge in [-0.3, -0.25) is 10.1 Å². The van der Waals surface area contributed by atoms with E-state index in [4.69, 9.17) is 11.6 Å². The summed E-state index contributed by atoms with van der Waals surface area (Å²) in [4.78, 5) is 9.44. The van der Waals surface area contributed by atoms with Crippen LogP contribution in [0, 0.1) is 15.9 Å². The molecule has 0 bridgehead atoms. The molecule has 0 aliphatic heterocycles. The monoisotopic (exact) mass is 189 g/mol. The van der Waals surface area contributed by atoms with Crippen LogP contribution in [0.5, 0.6) is 0 Å². The van der Waals surface area contributed by atoms with Gasteiger partial charge in [-0.1, -0.05) is 12.1 Å². The van der Waals surface area contributed by atoms with Crippen LogP contribution in [0.15, 0.2) is 18.2 Å². The first-order valence-electron chi connectivity index (χ1n) is 3.14. The lowest BCUT2D eigenvalue weighted by Crippen LogP contribution is -1.95. The van der Waals surface area contributed by atoms with Gasteiger partial charge >= 0.3 is 5.69 Å². The maximum absolute atomic E-state index is 13.0. The minimum atomic E-state index is -0.850. The Labute approximate surface area is 72.9 Å². The van der Waals surface area contributed by atoms with Crippen molar-refractivity contribution in [1.29, 1.82) is 0 Å². The summed E-state index contributed by atoms with van der Waals surface area (Å²) in [6.45, 7) is 0. The lowest BCUT2D eigenvalue weighted by atomic mass is 10.2. The smallest absolute Gasteiger partial charge is 0.258 e. The van der Waals surface area contributed by atoms with Gasteiger partial charge < -0.3 is 0 Å². The number of alkyl halides is 1. The largest absolute Gasteiger partial charge is 0.305 e. The highest BCUT2D eigenvalue weighted by atomic mass is 35.5. The molecule has 64 valence electrons. The van der Waals surface area contributed by atoms with Crippen molar-refractivity contribution in [3.05, 3.63) is 39.7 Å². The molecule has 0 aliphatic rings. The quantitative estimate of drug-likeness (QED) is 0.408. The highest BCUT2D eigenvalue weighted by Gasteiger charge is 2.15. The number of hydrogen-bond acceptors (Lipinski definition) is 2. The predicted octanol–water partition coefficient (Wildman–Crippen LogP) is 2.47. The zero-order chi connectivity index (χ0) is 9.14. The van der Waals surface area contributed by atoms with Crippen LogP contribution >= 0.6 is 11.6 Å². The average molecular weight is 190 g/mol. The lowest BCUT2D eigenvalue weighted by molar-refractivity contribution is -0.387. The van der Waals surface area contributed by atoms with Crippen molar-refractivity contribution < 1.29 is 9.31 Å². The van der Waals surface area contributed by atoms with Gasteiger partial charge in [0.05, 0.1) is 10.8 Å². The molecule has 1 aromatic carbocycles. The molecule has 0 amide bonds. The van der Waals surface area contributed by atoms with Crippen molar-refractivity contribution in [2.24, 2.45) is 0 Å². The van der Waals surface area contributed by atoms with Crippen LogP contribution in [0.4, 0.5) is 10.1 Å². The van der Waals surface area contributed by atoms with E-state index in [-0.39, 0.29) is 11.4 Å². The third kappa shape index (κ3) is 1.53. The van der Waals surface area contributed by atoms with E-state index in [9.17, 15) is 14.5 Å². The minimum Gasteiger partial charge on any atom is -0.258 e. The van der Waals surface area contributed by atoms with Gasteiger partial charge in [-0.2, -0.15) is 4.39 Å². The second-order valence-corrected chi connectivity index (χ2v) is 2.41. The lowest BCUT2D eigenvalue weighted by Gasteiger charge is -1.97. The summed E-state index contributed by atoms with van der Waals surface area (Å²) < 4.78 is 13.0. The average Bonchev–Trinajstić information content (AvgIpc) is 2.04. The summed E-state index contributed by atoms with van der Waals surface area (Å²) in [5.41, 5.74) is -0.390. The molecule has 0 heterocycles. The zero-order valence-corrected chi connectivity index (χ0v) is 6.71. The number of rotatable bonds is 2. The molecule has 3 nitrogen and oxygen atoms in total. The van der Waals surface area contributed by atoms with E-state index in [1.165, 1.54) is 12.1 Å². The Hall–Kier alpha value is -1.16. The SMILES string of the molecule is O=[N+]([O-])c1cccc(CCl)c1F. The molecule has 0 saturated carbocycles. The fraction of sp³-hybridized carbons (Fsp3) is 0.143. The number of halogens is 2. The minimum absolute atomic E-state index is 0.0620. The van der Waals surface area contributed by atoms with Crippen LogP contribution in [0.1, 0.15) is 5.56 Å². The molecule has 0 N–H and O–H groups in total. The summed E-state index contributed by atoms with van der Waals surface area (Å²) in [6, 6.07) is 3.92. The molecule has 0 spiro atoms. The van der Waals surface area contributed by atoms with Crippen molar-refractivity contribution in [2.75, 3.05) is 0 Å². The van der Waals surface area contributed by atoms with E-state index in [1.54, 1.807) is 0 Å². The molecule has 12 heavy (non-hydrogen) atoms. The van der Waals surface area contributed by atoms with Gasteiger partial charge in [-0.05, 0) is 0 Å². The van der Waals surface area contributed by atoms with Gasteiger partial charge in [0.25, 0.3) is 0 Å². The van der Waals surface area contributed by atoms with E-state index < -0.39 is 16.4 Å². The number of nitro groups is 1. The molecule has 0 saturated heterocycles. The third-order valence-corrected chi connectivity index (χ3v) is 1.69. The number of nitro benzene ring substituents is 1. The van der Waals surface area contributed by atoms with Crippen LogP contribution in [-0.2, 0) is 5.88 Å². The Morgan fingerprint density at radius 2 is 2.25 bits per heavy atom. The van der Waals surface area contributed by atoms with Crippen molar-refractivity contribution in [3.8, 4) is 0 Å². The topological polar surface area (TPSA) is 43.1 Å². The number of benzene rings is 1. The Kier molecular flexibility index (Phi) is 2.60. The van der Waals surface area contributed by atoms with E-state index in [2.05, 4.69) is 0 Å². The first-order valence-corrected chi connectivity index (χ1v) is 3.68. The van der Waals surface area contributed by atoms with Gasteiger partial charge in [0.15, 0.2) is 0 Å². The zero-order valence-electron chi connectivity index (χ0n) is 5.96. The normalized spacial score (nSPS) is 9.83. The Balaban J connectivity index is 3.23. The number of hydrogen-bond donors (Lipinski definition) is 0. The summed E-state index contributed by atoms with van der Waals surface area (Å²) in [7, 11) is 0. The maximum atomic E-state index is 13.0. The fourth-order valence-corrected chi connectivity index (χ4v) is 1.02. The Bertz CT molecular complexity index is 316. The molecule has 0 aliphatic carbocycles. The van der Waals surface area contributed by atoms with Crippen LogP contribution in [-0.4, -0.2) is 4.92 Å². The molecule has 0 unspecified atom stereocenters. The van der Waals surface area contributed by atoms with Gasteiger partial charge in [0, 0.05) is 11.6 Å². The van der Waals surface area contributed by atoms with E-state index >= 15 is 0 Å². The van der Waals surface area contributed by atoms with E-state index in [0.717, 1.165) is 6.07 Å². The predicted molar refractivity (Wildman–Crippen MR) is 42.6 cm³/mol. The summed E-state index contributed by atoms with van der Waals surface area (Å²) >= 11 is 5.35. The summed E-state index contributed by atoms with van der Waals surface area (Å²) in [6.07, 6.45) is 0. The summed E-state index contributed by atoms with van der Waals surface area (Å²) in [5, 5.41) is 10.2. The highest BCUT2D eigenvalue weighted by molar-refractivity contribution is 6.17. The molecule has 0 fully saturated rings. The van der Waals surface area contributed by atoms with Gasteiger partial charge in [0.2, 0.25) is 5.82 Å². The second-order valence-electron chi connectivity index (χ2n) is 2.14. The van der Waals surface area contributed by atoms with Gasteiger partial charge in [-0.25, -0.2) is 0 Å². The first kappa shape index (κ1) is 8.93. The fourth-order valence-electron chi connectivity index (χ4n) is 0.810. The van der Waals surface area contributed by atoms with Gasteiger partial charge in [0.1, 0.15) is 0 Å². The molecular weight excluding hydrogens is 185 g/mol. The molecule has 5 heteroatoms. The van der Waals surface area contributed by atoms with E-state index in [1.807, 2.05) is 0 Å². The standard InChI is InChI=1S/C7H5ClFNO2/c8-4-5-2-1-3-6(7(5)9)10(11)12/h1-3H,4H2.